The minimum Gasteiger partial charge on any atom is -0.347 e. The van der Waals surface area contributed by atoms with Crippen LogP contribution in [0.3, 0.4) is 0 Å². The second-order valence-electron chi connectivity index (χ2n) is 6.49. The van der Waals surface area contributed by atoms with E-state index >= 15 is 0 Å². The zero-order valence-corrected chi connectivity index (χ0v) is 16.6. The van der Waals surface area contributed by atoms with Crippen LogP contribution in [0.5, 0.6) is 0 Å². The fraction of sp³-hybridized carbons (Fsp3) is 0.227. The van der Waals surface area contributed by atoms with Gasteiger partial charge >= 0.3 is 0 Å². The molecule has 6 heteroatoms. The lowest BCUT2D eigenvalue weighted by Crippen LogP contribution is -2.22. The van der Waals surface area contributed by atoms with E-state index in [1.54, 1.807) is 6.92 Å². The van der Waals surface area contributed by atoms with Gasteiger partial charge in [-0.15, -0.1) is 0 Å². The maximum atomic E-state index is 12.4. The van der Waals surface area contributed by atoms with E-state index in [2.05, 4.69) is 27.8 Å². The first-order chi connectivity index (χ1) is 13.6. The summed E-state index contributed by atoms with van der Waals surface area (Å²) in [5, 5.41) is 6.17. The van der Waals surface area contributed by atoms with Crippen LogP contribution in [0.15, 0.2) is 60.7 Å². The van der Waals surface area contributed by atoms with Gasteiger partial charge in [0.25, 0.3) is 5.91 Å². The fourth-order valence-electron chi connectivity index (χ4n) is 2.80. The number of amides is 2. The third kappa shape index (κ3) is 5.76. The SMILES string of the molecule is Cc1nc(NC(=O)CCCc2ccccc2)sc1C(=O)NCc1ccccc1. The smallest absolute Gasteiger partial charge is 0.263 e. The van der Waals surface area contributed by atoms with Crippen LogP contribution in [0, 0.1) is 6.92 Å². The Hall–Kier alpha value is -2.99. The number of anilines is 1. The van der Waals surface area contributed by atoms with Crippen molar-refractivity contribution in [2.24, 2.45) is 0 Å². The van der Waals surface area contributed by atoms with E-state index < -0.39 is 0 Å². The fourth-order valence-corrected chi connectivity index (χ4v) is 3.70. The molecule has 0 unspecified atom stereocenters. The second kappa shape index (κ2) is 9.80. The van der Waals surface area contributed by atoms with Crippen LogP contribution in [-0.2, 0) is 17.8 Å². The number of aromatic nitrogens is 1. The molecule has 0 aliphatic heterocycles. The van der Waals surface area contributed by atoms with Crippen LogP contribution in [0.25, 0.3) is 0 Å². The number of aryl methyl sites for hydroxylation is 2. The molecule has 0 atom stereocenters. The molecule has 144 valence electrons. The third-order valence-electron chi connectivity index (χ3n) is 4.26. The van der Waals surface area contributed by atoms with Crippen molar-refractivity contribution < 1.29 is 9.59 Å². The van der Waals surface area contributed by atoms with E-state index in [9.17, 15) is 9.59 Å². The van der Waals surface area contributed by atoms with Crippen molar-refractivity contribution in [3.63, 3.8) is 0 Å². The predicted molar refractivity (Wildman–Crippen MR) is 112 cm³/mol. The molecule has 2 amide bonds. The Morgan fingerprint density at radius 2 is 1.61 bits per heavy atom. The highest BCUT2D eigenvalue weighted by Crippen LogP contribution is 2.23. The Morgan fingerprint density at radius 3 is 2.29 bits per heavy atom. The van der Waals surface area contributed by atoms with Gasteiger partial charge in [-0.2, -0.15) is 0 Å². The molecule has 0 saturated carbocycles. The predicted octanol–water partition coefficient (Wildman–Crippen LogP) is 4.34. The Kier molecular flexibility index (Phi) is 6.92. The molecule has 3 aromatic rings. The van der Waals surface area contributed by atoms with Crippen molar-refractivity contribution in [1.29, 1.82) is 0 Å². The lowest BCUT2D eigenvalue weighted by molar-refractivity contribution is -0.116. The van der Waals surface area contributed by atoms with Gasteiger partial charge in [-0.3, -0.25) is 9.59 Å². The van der Waals surface area contributed by atoms with Gasteiger partial charge in [0.2, 0.25) is 5.91 Å². The Labute approximate surface area is 168 Å². The number of carbonyl (C=O) groups is 2. The molecule has 0 saturated heterocycles. The largest absolute Gasteiger partial charge is 0.347 e. The molecule has 0 bridgehead atoms. The molecule has 3 rings (SSSR count). The average Bonchev–Trinajstić information content (AvgIpc) is 3.07. The first-order valence-corrected chi connectivity index (χ1v) is 10.1. The van der Waals surface area contributed by atoms with Crippen molar-refractivity contribution >= 4 is 28.3 Å². The lowest BCUT2D eigenvalue weighted by atomic mass is 10.1. The van der Waals surface area contributed by atoms with Gasteiger partial charge in [0, 0.05) is 13.0 Å². The highest BCUT2D eigenvalue weighted by Gasteiger charge is 2.16. The normalized spacial score (nSPS) is 10.5. The minimum atomic E-state index is -0.177. The van der Waals surface area contributed by atoms with Gasteiger partial charge in [-0.25, -0.2) is 4.98 Å². The first-order valence-electron chi connectivity index (χ1n) is 9.25. The van der Waals surface area contributed by atoms with Gasteiger partial charge in [0.05, 0.1) is 5.69 Å². The monoisotopic (exact) mass is 393 g/mol. The summed E-state index contributed by atoms with van der Waals surface area (Å²) in [6.07, 6.45) is 2.05. The number of nitrogens with zero attached hydrogens (tertiary/aromatic N) is 1. The van der Waals surface area contributed by atoms with Gasteiger partial charge in [-0.1, -0.05) is 72.0 Å². The average molecular weight is 394 g/mol. The number of benzene rings is 2. The summed E-state index contributed by atoms with van der Waals surface area (Å²) in [4.78, 5) is 29.4. The van der Waals surface area contributed by atoms with Crippen molar-refractivity contribution in [2.45, 2.75) is 32.7 Å². The molecule has 0 aliphatic carbocycles. The number of hydrogen-bond acceptors (Lipinski definition) is 4. The van der Waals surface area contributed by atoms with Crippen LogP contribution < -0.4 is 10.6 Å². The molecule has 0 fully saturated rings. The zero-order chi connectivity index (χ0) is 19.8. The number of hydrogen-bond donors (Lipinski definition) is 2. The molecule has 1 heterocycles. The van der Waals surface area contributed by atoms with Gasteiger partial charge in [0.1, 0.15) is 4.88 Å². The zero-order valence-electron chi connectivity index (χ0n) is 15.8. The summed E-state index contributed by atoms with van der Waals surface area (Å²) in [5.74, 6) is -0.260. The molecular weight excluding hydrogens is 370 g/mol. The molecule has 1 aromatic heterocycles. The topological polar surface area (TPSA) is 71.1 Å². The quantitative estimate of drug-likeness (QED) is 0.598. The van der Waals surface area contributed by atoms with Crippen LogP contribution in [0.1, 0.15) is 39.3 Å². The van der Waals surface area contributed by atoms with E-state index in [4.69, 9.17) is 0 Å². The number of carbonyl (C=O) groups excluding carboxylic acids is 2. The summed E-state index contributed by atoms with van der Waals surface area (Å²) < 4.78 is 0. The summed E-state index contributed by atoms with van der Waals surface area (Å²) in [7, 11) is 0. The van der Waals surface area contributed by atoms with Crippen molar-refractivity contribution in [2.75, 3.05) is 5.32 Å². The molecule has 0 radical (unpaired) electrons. The maximum absolute atomic E-state index is 12.4. The highest BCUT2D eigenvalue weighted by atomic mass is 32.1. The van der Waals surface area contributed by atoms with Crippen LogP contribution in [0.4, 0.5) is 5.13 Å². The number of nitrogens with one attached hydrogen (secondary N) is 2. The standard InChI is InChI=1S/C22H23N3O2S/c1-16-20(21(27)23-15-18-11-6-3-7-12-18)28-22(24-16)25-19(26)14-8-13-17-9-4-2-5-10-17/h2-7,9-12H,8,13-15H2,1H3,(H,23,27)(H,24,25,26). The summed E-state index contributed by atoms with van der Waals surface area (Å²) in [5.41, 5.74) is 2.87. The van der Waals surface area contributed by atoms with Crippen molar-refractivity contribution in [3.05, 3.63) is 82.4 Å². The van der Waals surface area contributed by atoms with E-state index in [0.29, 0.717) is 28.7 Å². The molecular formula is C22H23N3O2S. The Bertz CT molecular complexity index is 923. The molecule has 0 aliphatic rings. The molecule has 2 aromatic carbocycles. The van der Waals surface area contributed by atoms with Gasteiger partial charge in [-0.05, 0) is 30.9 Å². The Balaban J connectivity index is 1.48. The van der Waals surface area contributed by atoms with Crippen LogP contribution >= 0.6 is 11.3 Å². The minimum absolute atomic E-state index is 0.0825. The van der Waals surface area contributed by atoms with E-state index in [0.717, 1.165) is 18.4 Å². The van der Waals surface area contributed by atoms with Crippen LogP contribution in [0.2, 0.25) is 0 Å². The molecule has 5 nitrogen and oxygen atoms in total. The summed E-state index contributed by atoms with van der Waals surface area (Å²) >= 11 is 1.21. The second-order valence-corrected chi connectivity index (χ2v) is 7.49. The molecule has 2 N–H and O–H groups in total. The van der Waals surface area contributed by atoms with E-state index in [1.807, 2.05) is 48.5 Å². The molecule has 28 heavy (non-hydrogen) atoms. The van der Waals surface area contributed by atoms with E-state index in [-0.39, 0.29) is 11.8 Å². The van der Waals surface area contributed by atoms with Gasteiger partial charge < -0.3 is 10.6 Å². The van der Waals surface area contributed by atoms with Crippen molar-refractivity contribution in [1.82, 2.24) is 10.3 Å². The van der Waals surface area contributed by atoms with Gasteiger partial charge in [0.15, 0.2) is 5.13 Å². The Morgan fingerprint density at radius 1 is 0.964 bits per heavy atom. The number of rotatable bonds is 8. The van der Waals surface area contributed by atoms with Crippen LogP contribution in [-0.4, -0.2) is 16.8 Å². The molecule has 0 spiro atoms. The lowest BCUT2D eigenvalue weighted by Gasteiger charge is -2.04. The van der Waals surface area contributed by atoms with E-state index in [1.165, 1.54) is 16.9 Å². The maximum Gasteiger partial charge on any atom is 0.263 e. The highest BCUT2D eigenvalue weighted by molar-refractivity contribution is 7.17. The third-order valence-corrected chi connectivity index (χ3v) is 5.33. The van der Waals surface area contributed by atoms with Crippen molar-refractivity contribution in [3.8, 4) is 0 Å². The number of thiazole rings is 1. The summed E-state index contributed by atoms with van der Waals surface area (Å²) in [6, 6.07) is 19.8. The summed E-state index contributed by atoms with van der Waals surface area (Å²) in [6.45, 7) is 2.23. The first kappa shape index (κ1) is 19.8.